The van der Waals surface area contributed by atoms with Crippen LogP contribution in [-0.2, 0) is 0 Å². The smallest absolute Gasteiger partial charge is 0.352 e. The molecule has 0 radical (unpaired) electrons. The molecule has 8 heteroatoms. The lowest BCUT2D eigenvalue weighted by Crippen LogP contribution is -2.11. The van der Waals surface area contributed by atoms with E-state index in [2.05, 4.69) is 15.3 Å². The number of carboxylic acid groups (broad SMARTS) is 2. The summed E-state index contributed by atoms with van der Waals surface area (Å²) in [6.45, 7) is 0. The van der Waals surface area contributed by atoms with Gasteiger partial charge in [0, 0.05) is 33.1 Å². The van der Waals surface area contributed by atoms with E-state index < -0.39 is 11.9 Å². The predicted molar refractivity (Wildman–Crippen MR) is 98.5 cm³/mol. The molecule has 0 spiro atoms. The lowest BCUT2D eigenvalue weighted by atomic mass is 10.1. The van der Waals surface area contributed by atoms with Crippen LogP contribution in [0.3, 0.4) is 0 Å². The number of fused-ring (bicyclic) bond motifs is 2. The molecule has 27 heavy (non-hydrogen) atoms. The van der Waals surface area contributed by atoms with Gasteiger partial charge in [-0.2, -0.15) is 0 Å². The van der Waals surface area contributed by atoms with Crippen LogP contribution in [0.1, 0.15) is 31.3 Å². The zero-order valence-corrected chi connectivity index (χ0v) is 13.7. The van der Waals surface area contributed by atoms with E-state index in [0.29, 0.717) is 33.1 Å². The van der Waals surface area contributed by atoms with Crippen molar-refractivity contribution in [2.24, 2.45) is 0 Å². The summed E-state index contributed by atoms with van der Waals surface area (Å²) >= 11 is 0. The Morgan fingerprint density at radius 3 is 1.89 bits per heavy atom. The minimum Gasteiger partial charge on any atom is -0.477 e. The highest BCUT2D eigenvalue weighted by Gasteiger charge is 2.12. The zero-order chi connectivity index (χ0) is 19.1. The number of benzene rings is 2. The molecule has 0 fully saturated rings. The van der Waals surface area contributed by atoms with Gasteiger partial charge in [0.05, 0.1) is 0 Å². The number of carboxylic acids is 2. The molecule has 0 aliphatic heterocycles. The highest BCUT2D eigenvalue weighted by molar-refractivity contribution is 6.07. The van der Waals surface area contributed by atoms with Crippen molar-refractivity contribution in [3.63, 3.8) is 0 Å². The van der Waals surface area contributed by atoms with Gasteiger partial charge in [-0.15, -0.1) is 0 Å². The predicted octanol–water partition coefficient (Wildman–Crippen LogP) is 3.30. The van der Waals surface area contributed by atoms with E-state index in [1.54, 1.807) is 36.4 Å². The van der Waals surface area contributed by atoms with Gasteiger partial charge in [-0.3, -0.25) is 4.79 Å². The number of carbonyl (C=O) groups is 3. The molecule has 4 rings (SSSR count). The largest absolute Gasteiger partial charge is 0.477 e. The Labute approximate surface area is 151 Å². The second kappa shape index (κ2) is 6.03. The molecule has 4 aromatic rings. The van der Waals surface area contributed by atoms with Crippen LogP contribution in [0.2, 0.25) is 0 Å². The molecule has 2 aromatic carbocycles. The van der Waals surface area contributed by atoms with Crippen LogP contribution in [0, 0.1) is 0 Å². The minimum absolute atomic E-state index is 0.0507. The van der Waals surface area contributed by atoms with Crippen molar-refractivity contribution in [1.82, 2.24) is 9.97 Å². The molecule has 0 aliphatic rings. The summed E-state index contributed by atoms with van der Waals surface area (Å²) in [5, 5.41) is 22.1. The standard InChI is InChI=1S/C19H13N3O5/c23-17(9-1-3-13-10(5-9)7-15(21-13)18(24)25)20-12-2-4-14-11(6-12)8-16(22-14)19(26)27/h1-8,21-22H,(H,20,23)(H,24,25)(H,26,27). The zero-order valence-electron chi connectivity index (χ0n) is 13.7. The average Bonchev–Trinajstić information content (AvgIpc) is 3.24. The number of anilines is 1. The van der Waals surface area contributed by atoms with Gasteiger partial charge in [-0.25, -0.2) is 9.59 Å². The molecule has 5 N–H and O–H groups in total. The van der Waals surface area contributed by atoms with E-state index in [4.69, 9.17) is 10.2 Å². The van der Waals surface area contributed by atoms with Crippen molar-refractivity contribution in [3.05, 3.63) is 65.5 Å². The number of hydrogen-bond acceptors (Lipinski definition) is 3. The summed E-state index contributed by atoms with van der Waals surface area (Å²) in [5.41, 5.74) is 2.29. The quantitative estimate of drug-likeness (QED) is 0.379. The first-order valence-electron chi connectivity index (χ1n) is 7.94. The molecular weight excluding hydrogens is 350 g/mol. The van der Waals surface area contributed by atoms with Crippen molar-refractivity contribution in [2.75, 3.05) is 5.32 Å². The van der Waals surface area contributed by atoms with Gasteiger partial charge < -0.3 is 25.5 Å². The Hall–Kier alpha value is -4.07. The van der Waals surface area contributed by atoms with Gasteiger partial charge >= 0.3 is 11.9 Å². The number of aromatic amines is 2. The SMILES string of the molecule is O=C(Nc1ccc2[nH]c(C(=O)O)cc2c1)c1ccc2[nH]c(C(=O)O)cc2c1. The van der Waals surface area contributed by atoms with Crippen LogP contribution in [0.5, 0.6) is 0 Å². The Kier molecular flexibility index (Phi) is 3.66. The van der Waals surface area contributed by atoms with E-state index >= 15 is 0 Å². The average molecular weight is 363 g/mol. The van der Waals surface area contributed by atoms with Crippen LogP contribution in [-0.4, -0.2) is 38.0 Å². The molecule has 0 saturated carbocycles. The first-order valence-corrected chi connectivity index (χ1v) is 7.94. The van der Waals surface area contributed by atoms with Gasteiger partial charge in [0.1, 0.15) is 11.4 Å². The molecule has 8 nitrogen and oxygen atoms in total. The minimum atomic E-state index is -1.07. The summed E-state index contributed by atoms with van der Waals surface area (Å²) in [7, 11) is 0. The fourth-order valence-corrected chi connectivity index (χ4v) is 2.92. The van der Waals surface area contributed by atoms with Gasteiger partial charge in [-0.05, 0) is 48.5 Å². The Morgan fingerprint density at radius 2 is 1.30 bits per heavy atom. The van der Waals surface area contributed by atoms with Crippen molar-refractivity contribution in [2.45, 2.75) is 0 Å². The van der Waals surface area contributed by atoms with E-state index in [1.807, 2.05) is 0 Å². The maximum atomic E-state index is 12.5. The fraction of sp³-hybridized carbons (Fsp3) is 0. The first-order chi connectivity index (χ1) is 12.9. The summed E-state index contributed by atoms with van der Waals surface area (Å²) in [4.78, 5) is 40.1. The molecule has 2 aromatic heterocycles. The molecule has 0 aliphatic carbocycles. The van der Waals surface area contributed by atoms with Crippen LogP contribution in [0.25, 0.3) is 21.8 Å². The number of hydrogen-bond donors (Lipinski definition) is 5. The number of H-pyrrole nitrogens is 2. The van der Waals surface area contributed by atoms with Gasteiger partial charge in [0.25, 0.3) is 5.91 Å². The van der Waals surface area contributed by atoms with Gasteiger partial charge in [0.15, 0.2) is 0 Å². The van der Waals surface area contributed by atoms with Crippen molar-refractivity contribution >= 4 is 45.3 Å². The molecular formula is C19H13N3O5. The summed E-state index contributed by atoms with van der Waals surface area (Å²) < 4.78 is 0. The third-order valence-corrected chi connectivity index (χ3v) is 4.22. The molecule has 2 heterocycles. The fourth-order valence-electron chi connectivity index (χ4n) is 2.92. The van der Waals surface area contributed by atoms with E-state index in [-0.39, 0.29) is 17.3 Å². The number of rotatable bonds is 4. The van der Waals surface area contributed by atoms with Crippen LogP contribution in [0.4, 0.5) is 5.69 Å². The third kappa shape index (κ3) is 2.99. The summed E-state index contributed by atoms with van der Waals surface area (Å²) in [6, 6.07) is 12.8. The van der Waals surface area contributed by atoms with E-state index in [0.717, 1.165) is 0 Å². The molecule has 1 amide bonds. The summed E-state index contributed by atoms with van der Waals surface area (Å²) in [5.74, 6) is -2.49. The molecule has 0 bridgehead atoms. The maximum absolute atomic E-state index is 12.5. The van der Waals surface area contributed by atoms with Crippen LogP contribution in [0.15, 0.2) is 48.5 Å². The summed E-state index contributed by atoms with van der Waals surface area (Å²) in [6.07, 6.45) is 0. The first kappa shape index (κ1) is 16.4. The van der Waals surface area contributed by atoms with Crippen LogP contribution >= 0.6 is 0 Å². The van der Waals surface area contributed by atoms with Crippen molar-refractivity contribution in [3.8, 4) is 0 Å². The highest BCUT2D eigenvalue weighted by Crippen LogP contribution is 2.22. The normalized spacial score (nSPS) is 11.0. The maximum Gasteiger partial charge on any atom is 0.352 e. The Morgan fingerprint density at radius 1 is 0.741 bits per heavy atom. The highest BCUT2D eigenvalue weighted by atomic mass is 16.4. The van der Waals surface area contributed by atoms with Crippen molar-refractivity contribution in [1.29, 1.82) is 0 Å². The lowest BCUT2D eigenvalue weighted by molar-refractivity contribution is 0.0681. The molecule has 0 saturated heterocycles. The second-order valence-electron chi connectivity index (χ2n) is 6.03. The van der Waals surface area contributed by atoms with Crippen LogP contribution < -0.4 is 5.32 Å². The molecule has 134 valence electrons. The Balaban J connectivity index is 1.61. The van der Waals surface area contributed by atoms with E-state index in [1.165, 1.54) is 12.1 Å². The second-order valence-corrected chi connectivity index (χ2v) is 6.03. The number of aromatic nitrogens is 2. The number of amides is 1. The molecule has 0 atom stereocenters. The van der Waals surface area contributed by atoms with Gasteiger partial charge in [-0.1, -0.05) is 0 Å². The Bertz CT molecular complexity index is 1230. The molecule has 0 unspecified atom stereocenters. The number of nitrogens with one attached hydrogen (secondary N) is 3. The van der Waals surface area contributed by atoms with Gasteiger partial charge in [0.2, 0.25) is 0 Å². The number of aromatic carboxylic acids is 2. The topological polar surface area (TPSA) is 135 Å². The number of carbonyl (C=O) groups excluding carboxylic acids is 1. The lowest BCUT2D eigenvalue weighted by Gasteiger charge is -2.05. The monoisotopic (exact) mass is 363 g/mol. The third-order valence-electron chi connectivity index (χ3n) is 4.22. The van der Waals surface area contributed by atoms with E-state index in [9.17, 15) is 14.4 Å². The van der Waals surface area contributed by atoms with Crippen molar-refractivity contribution < 1.29 is 24.6 Å².